The molecule has 1 fully saturated rings. The van der Waals surface area contributed by atoms with Crippen LogP contribution in [-0.2, 0) is 11.0 Å². The zero-order valence-electron chi connectivity index (χ0n) is 16.1. The van der Waals surface area contributed by atoms with Crippen LogP contribution in [0.4, 0.5) is 24.7 Å². The Bertz CT molecular complexity index is 827. The normalized spacial score (nSPS) is 15.7. The van der Waals surface area contributed by atoms with Gasteiger partial charge in [0, 0.05) is 44.1 Å². The number of methoxy groups -OCH3 is 1. The van der Waals surface area contributed by atoms with Gasteiger partial charge in [-0.05, 0) is 30.7 Å². The molecule has 0 bridgehead atoms. The largest absolute Gasteiger partial charge is 0.497 e. The summed E-state index contributed by atoms with van der Waals surface area (Å²) in [6.45, 7) is 2.85. The van der Waals surface area contributed by atoms with E-state index in [9.17, 15) is 18.0 Å². The lowest BCUT2D eigenvalue weighted by Gasteiger charge is -2.22. The van der Waals surface area contributed by atoms with Crippen LogP contribution >= 0.6 is 0 Å². The number of nitrogens with one attached hydrogen (secondary N) is 1. The van der Waals surface area contributed by atoms with Gasteiger partial charge in [0.1, 0.15) is 11.6 Å². The van der Waals surface area contributed by atoms with Crippen LogP contribution in [0.2, 0.25) is 0 Å². The van der Waals surface area contributed by atoms with Gasteiger partial charge in [0.15, 0.2) is 0 Å². The van der Waals surface area contributed by atoms with Gasteiger partial charge in [0.05, 0.1) is 19.2 Å². The highest BCUT2D eigenvalue weighted by Crippen LogP contribution is 2.29. The second kappa shape index (κ2) is 9.13. The van der Waals surface area contributed by atoms with Crippen molar-refractivity contribution in [3.05, 3.63) is 48.2 Å². The predicted molar refractivity (Wildman–Crippen MR) is 104 cm³/mol. The molecule has 0 saturated carbocycles. The fraction of sp³-hybridized carbons (Fsp3) is 0.400. The second-order valence-corrected chi connectivity index (χ2v) is 6.80. The summed E-state index contributed by atoms with van der Waals surface area (Å²) in [5.41, 5.74) is -0.0911. The standard InChI is InChI=1S/C20H23F3N4O2/c1-29-17-5-2-4-16(12-17)25-19(28)14-26-8-3-9-27(11-10-26)18-7-6-15(13-24-18)20(21,22)23/h2,4-7,12-13H,3,8-11,14H2,1H3,(H,25,28). The molecule has 9 heteroatoms. The lowest BCUT2D eigenvalue weighted by atomic mass is 10.2. The summed E-state index contributed by atoms with van der Waals surface area (Å²) in [5.74, 6) is 1.05. The number of aromatic nitrogens is 1. The van der Waals surface area contributed by atoms with Gasteiger partial charge in [-0.2, -0.15) is 13.2 Å². The van der Waals surface area contributed by atoms with Crippen LogP contribution in [0.5, 0.6) is 5.75 Å². The fourth-order valence-corrected chi connectivity index (χ4v) is 3.20. The number of halogens is 3. The van der Waals surface area contributed by atoms with Crippen molar-refractivity contribution >= 4 is 17.4 Å². The molecule has 1 saturated heterocycles. The van der Waals surface area contributed by atoms with Crippen molar-refractivity contribution in [1.82, 2.24) is 9.88 Å². The number of carbonyl (C=O) groups is 1. The van der Waals surface area contributed by atoms with Crippen LogP contribution < -0.4 is 15.0 Å². The Kier molecular flexibility index (Phi) is 6.58. The Morgan fingerprint density at radius 1 is 1.17 bits per heavy atom. The van der Waals surface area contributed by atoms with E-state index in [4.69, 9.17) is 4.74 Å². The minimum Gasteiger partial charge on any atom is -0.497 e. The van der Waals surface area contributed by atoms with Gasteiger partial charge in [-0.15, -0.1) is 0 Å². The molecule has 6 nitrogen and oxygen atoms in total. The quantitative estimate of drug-likeness (QED) is 0.823. The lowest BCUT2D eigenvalue weighted by molar-refractivity contribution is -0.137. The van der Waals surface area contributed by atoms with Crippen molar-refractivity contribution in [1.29, 1.82) is 0 Å². The summed E-state index contributed by atoms with van der Waals surface area (Å²) in [4.78, 5) is 20.3. The van der Waals surface area contributed by atoms with Crippen LogP contribution in [0.3, 0.4) is 0 Å². The molecule has 0 atom stereocenters. The third kappa shape index (κ3) is 5.83. The molecule has 29 heavy (non-hydrogen) atoms. The molecule has 156 valence electrons. The summed E-state index contributed by atoms with van der Waals surface area (Å²) >= 11 is 0. The molecule has 1 N–H and O–H groups in total. The molecule has 0 spiro atoms. The van der Waals surface area contributed by atoms with Crippen LogP contribution in [0.15, 0.2) is 42.6 Å². The molecule has 2 aromatic rings. The Morgan fingerprint density at radius 3 is 2.69 bits per heavy atom. The number of nitrogens with zero attached hydrogens (tertiary/aromatic N) is 3. The molecule has 3 rings (SSSR count). The first kappa shape index (κ1) is 20.9. The zero-order chi connectivity index (χ0) is 20.9. The van der Waals surface area contributed by atoms with E-state index in [0.717, 1.165) is 25.2 Å². The molecule has 0 aliphatic carbocycles. The maximum atomic E-state index is 12.7. The number of carbonyl (C=O) groups excluding carboxylic acids is 1. The molecule has 1 amide bonds. The first-order valence-corrected chi connectivity index (χ1v) is 9.29. The Balaban J connectivity index is 1.53. The number of rotatable bonds is 5. The number of benzene rings is 1. The number of ether oxygens (including phenoxy) is 1. The van der Waals surface area contributed by atoms with E-state index in [1.807, 2.05) is 9.80 Å². The average Bonchev–Trinajstić information content (AvgIpc) is 2.93. The number of hydrogen-bond acceptors (Lipinski definition) is 5. The van der Waals surface area contributed by atoms with E-state index in [-0.39, 0.29) is 12.5 Å². The smallest absolute Gasteiger partial charge is 0.417 e. The molecule has 1 aromatic heterocycles. The maximum absolute atomic E-state index is 12.7. The predicted octanol–water partition coefficient (Wildman–Crippen LogP) is 3.26. The summed E-state index contributed by atoms with van der Waals surface area (Å²) in [6.07, 6.45) is -2.74. The second-order valence-electron chi connectivity index (χ2n) is 6.80. The van der Waals surface area contributed by atoms with Gasteiger partial charge in [-0.3, -0.25) is 9.69 Å². The van der Waals surface area contributed by atoms with Crippen molar-refractivity contribution < 1.29 is 22.7 Å². The van der Waals surface area contributed by atoms with Crippen LogP contribution in [0, 0.1) is 0 Å². The van der Waals surface area contributed by atoms with Gasteiger partial charge >= 0.3 is 6.18 Å². The highest BCUT2D eigenvalue weighted by atomic mass is 19.4. The first-order chi connectivity index (χ1) is 13.8. The van der Waals surface area contributed by atoms with E-state index < -0.39 is 11.7 Å². The number of amides is 1. The zero-order valence-corrected chi connectivity index (χ0v) is 16.1. The molecular weight excluding hydrogens is 385 g/mol. The van der Waals surface area contributed by atoms with Crippen molar-refractivity contribution in [3.8, 4) is 5.75 Å². The maximum Gasteiger partial charge on any atom is 0.417 e. The summed E-state index contributed by atoms with van der Waals surface area (Å²) < 4.78 is 43.2. The van der Waals surface area contributed by atoms with Crippen molar-refractivity contribution in [2.75, 3.05) is 50.1 Å². The Morgan fingerprint density at radius 2 is 2.00 bits per heavy atom. The van der Waals surface area contributed by atoms with Crippen LogP contribution in [0.1, 0.15) is 12.0 Å². The molecule has 0 unspecified atom stereocenters. The van der Waals surface area contributed by atoms with E-state index in [0.29, 0.717) is 36.9 Å². The number of alkyl halides is 3. The van der Waals surface area contributed by atoms with E-state index in [1.54, 1.807) is 31.4 Å². The molecule has 2 heterocycles. The molecule has 0 radical (unpaired) electrons. The molecule has 1 aliphatic rings. The highest BCUT2D eigenvalue weighted by molar-refractivity contribution is 5.92. The molecular formula is C20H23F3N4O2. The molecule has 1 aliphatic heterocycles. The minimum absolute atomic E-state index is 0.126. The van der Waals surface area contributed by atoms with Crippen LogP contribution in [-0.4, -0.2) is 55.6 Å². The third-order valence-electron chi connectivity index (χ3n) is 4.71. The summed E-state index contributed by atoms with van der Waals surface area (Å²) in [7, 11) is 1.56. The Labute approximate surface area is 167 Å². The SMILES string of the molecule is COc1cccc(NC(=O)CN2CCCN(c3ccc(C(F)(F)F)cn3)CC2)c1. The van der Waals surface area contributed by atoms with E-state index in [1.165, 1.54) is 6.07 Å². The number of hydrogen-bond donors (Lipinski definition) is 1. The minimum atomic E-state index is -4.39. The summed E-state index contributed by atoms with van der Waals surface area (Å²) in [6, 6.07) is 9.59. The van der Waals surface area contributed by atoms with E-state index >= 15 is 0 Å². The summed E-state index contributed by atoms with van der Waals surface area (Å²) in [5, 5.41) is 2.85. The monoisotopic (exact) mass is 408 g/mol. The number of pyridine rings is 1. The average molecular weight is 408 g/mol. The van der Waals surface area contributed by atoms with Crippen molar-refractivity contribution in [3.63, 3.8) is 0 Å². The van der Waals surface area contributed by atoms with Gasteiger partial charge in [0.25, 0.3) is 0 Å². The van der Waals surface area contributed by atoms with Gasteiger partial charge in [0.2, 0.25) is 5.91 Å². The fourth-order valence-electron chi connectivity index (χ4n) is 3.20. The van der Waals surface area contributed by atoms with Gasteiger partial charge in [-0.25, -0.2) is 4.98 Å². The Hall–Kier alpha value is -2.81. The van der Waals surface area contributed by atoms with Crippen molar-refractivity contribution in [2.24, 2.45) is 0 Å². The number of anilines is 2. The third-order valence-corrected chi connectivity index (χ3v) is 4.71. The first-order valence-electron chi connectivity index (χ1n) is 9.29. The van der Waals surface area contributed by atoms with Crippen LogP contribution in [0.25, 0.3) is 0 Å². The van der Waals surface area contributed by atoms with Crippen molar-refractivity contribution in [2.45, 2.75) is 12.6 Å². The lowest BCUT2D eigenvalue weighted by Crippen LogP contribution is -2.36. The molecule has 1 aromatic carbocycles. The highest BCUT2D eigenvalue weighted by Gasteiger charge is 2.31. The topological polar surface area (TPSA) is 57.7 Å². The van der Waals surface area contributed by atoms with Gasteiger partial charge in [-0.1, -0.05) is 6.07 Å². The van der Waals surface area contributed by atoms with E-state index in [2.05, 4.69) is 10.3 Å². The van der Waals surface area contributed by atoms with Gasteiger partial charge < -0.3 is 15.0 Å².